The molecule has 0 unspecified atom stereocenters. The average Bonchev–Trinajstić information content (AvgIpc) is 3.10. The Kier molecular flexibility index (Phi) is 5.40. The van der Waals surface area contributed by atoms with Gasteiger partial charge in [-0.25, -0.2) is 18.9 Å². The van der Waals surface area contributed by atoms with E-state index in [4.69, 9.17) is 9.47 Å². The Morgan fingerprint density at radius 3 is 2.55 bits per heavy atom. The minimum absolute atomic E-state index is 0.254. The number of hydrogen-bond acceptors (Lipinski definition) is 6. The van der Waals surface area contributed by atoms with E-state index >= 15 is 0 Å². The third kappa shape index (κ3) is 3.97. The topological polar surface area (TPSA) is 99.7 Å². The van der Waals surface area contributed by atoms with Crippen LogP contribution in [0.4, 0.5) is 5.69 Å². The molecular formula is C22H21N5O4. The fourth-order valence-electron chi connectivity index (χ4n) is 3.29. The van der Waals surface area contributed by atoms with Crippen LogP contribution in [-0.2, 0) is 11.3 Å². The van der Waals surface area contributed by atoms with Crippen molar-refractivity contribution in [1.82, 2.24) is 19.2 Å². The Bertz CT molecular complexity index is 1310. The number of carbonyl (C=O) groups excluding carboxylic acids is 1. The van der Waals surface area contributed by atoms with E-state index in [-0.39, 0.29) is 6.54 Å². The molecule has 0 radical (unpaired) electrons. The highest BCUT2D eigenvalue weighted by Crippen LogP contribution is 2.29. The first-order valence-corrected chi connectivity index (χ1v) is 9.54. The molecule has 0 spiro atoms. The number of methoxy groups -OCH3 is 2. The van der Waals surface area contributed by atoms with Crippen LogP contribution in [0.3, 0.4) is 0 Å². The summed E-state index contributed by atoms with van der Waals surface area (Å²) in [6.07, 6.45) is 0. The zero-order valence-electron chi connectivity index (χ0n) is 17.3. The number of aryl methyl sites for hydroxylation is 1. The first-order chi connectivity index (χ1) is 15.0. The van der Waals surface area contributed by atoms with Crippen LogP contribution in [-0.4, -0.2) is 39.3 Å². The normalized spacial score (nSPS) is 10.8. The van der Waals surface area contributed by atoms with Gasteiger partial charge in [0.15, 0.2) is 5.65 Å². The van der Waals surface area contributed by atoms with Crippen LogP contribution in [0.1, 0.15) is 5.82 Å². The summed E-state index contributed by atoms with van der Waals surface area (Å²) >= 11 is 0. The first-order valence-electron chi connectivity index (χ1n) is 9.54. The van der Waals surface area contributed by atoms with Crippen LogP contribution in [0.25, 0.3) is 16.9 Å². The summed E-state index contributed by atoms with van der Waals surface area (Å²) in [5, 5.41) is 7.07. The predicted octanol–water partition coefficient (Wildman–Crippen LogP) is 2.52. The molecule has 0 aliphatic rings. The Labute approximate surface area is 177 Å². The average molecular weight is 419 g/mol. The number of amides is 1. The lowest BCUT2D eigenvalue weighted by molar-refractivity contribution is -0.117. The van der Waals surface area contributed by atoms with Crippen LogP contribution in [0, 0.1) is 6.92 Å². The lowest BCUT2D eigenvalue weighted by atomic mass is 10.1. The number of fused-ring (bicyclic) bond motifs is 1. The second-order valence-electron chi connectivity index (χ2n) is 6.80. The first kappa shape index (κ1) is 20.1. The van der Waals surface area contributed by atoms with Gasteiger partial charge in [0.25, 0.3) is 0 Å². The summed E-state index contributed by atoms with van der Waals surface area (Å²) in [4.78, 5) is 29.9. The fourth-order valence-corrected chi connectivity index (χ4v) is 3.29. The SMILES string of the molecule is COc1ccc(NC(=O)Cn2nc3cc(-c4ccccc4)nc(C)n3c2=O)c(OC)c1. The monoisotopic (exact) mass is 419 g/mol. The van der Waals surface area contributed by atoms with Crippen molar-refractivity contribution in [2.75, 3.05) is 19.5 Å². The molecule has 1 amide bonds. The molecule has 2 heterocycles. The van der Waals surface area contributed by atoms with Crippen molar-refractivity contribution in [2.24, 2.45) is 0 Å². The van der Waals surface area contributed by atoms with Gasteiger partial charge in [0.05, 0.1) is 25.6 Å². The van der Waals surface area contributed by atoms with E-state index in [9.17, 15) is 9.59 Å². The van der Waals surface area contributed by atoms with E-state index in [1.165, 1.54) is 11.5 Å². The third-order valence-electron chi connectivity index (χ3n) is 4.78. The lowest BCUT2D eigenvalue weighted by Crippen LogP contribution is -2.29. The van der Waals surface area contributed by atoms with Gasteiger partial charge in [-0.1, -0.05) is 30.3 Å². The molecule has 2 aromatic carbocycles. The maximum atomic E-state index is 12.8. The third-order valence-corrected chi connectivity index (χ3v) is 4.78. The maximum absolute atomic E-state index is 12.8. The quantitative estimate of drug-likeness (QED) is 0.516. The Balaban J connectivity index is 1.62. The Morgan fingerprint density at radius 2 is 1.84 bits per heavy atom. The maximum Gasteiger partial charge on any atom is 0.352 e. The van der Waals surface area contributed by atoms with Crippen LogP contribution < -0.4 is 20.5 Å². The molecule has 9 heteroatoms. The molecule has 0 atom stereocenters. The highest BCUT2D eigenvalue weighted by Gasteiger charge is 2.16. The molecule has 0 aliphatic carbocycles. The molecule has 2 aromatic heterocycles. The van der Waals surface area contributed by atoms with Gasteiger partial charge in [-0.05, 0) is 19.1 Å². The number of nitrogens with one attached hydrogen (secondary N) is 1. The van der Waals surface area contributed by atoms with E-state index in [2.05, 4.69) is 15.4 Å². The minimum Gasteiger partial charge on any atom is -0.497 e. The van der Waals surface area contributed by atoms with Crippen molar-refractivity contribution in [2.45, 2.75) is 13.5 Å². The molecule has 0 saturated carbocycles. The molecular weight excluding hydrogens is 398 g/mol. The highest BCUT2D eigenvalue weighted by molar-refractivity contribution is 5.92. The van der Waals surface area contributed by atoms with Gasteiger partial charge >= 0.3 is 5.69 Å². The van der Waals surface area contributed by atoms with Crippen LogP contribution in [0.15, 0.2) is 59.4 Å². The van der Waals surface area contributed by atoms with Crippen molar-refractivity contribution < 1.29 is 14.3 Å². The molecule has 4 rings (SSSR count). The van der Waals surface area contributed by atoms with Gasteiger partial charge in [0.1, 0.15) is 23.9 Å². The van der Waals surface area contributed by atoms with Crippen molar-refractivity contribution in [3.63, 3.8) is 0 Å². The van der Waals surface area contributed by atoms with Crippen molar-refractivity contribution in [3.8, 4) is 22.8 Å². The van der Waals surface area contributed by atoms with Gasteiger partial charge < -0.3 is 14.8 Å². The molecule has 31 heavy (non-hydrogen) atoms. The number of hydrogen-bond donors (Lipinski definition) is 1. The van der Waals surface area contributed by atoms with Crippen LogP contribution in [0.5, 0.6) is 11.5 Å². The molecule has 0 fully saturated rings. The zero-order valence-corrected chi connectivity index (χ0v) is 17.3. The summed E-state index contributed by atoms with van der Waals surface area (Å²) < 4.78 is 12.9. The molecule has 0 saturated heterocycles. The number of nitrogens with zero attached hydrogens (tertiary/aromatic N) is 4. The van der Waals surface area contributed by atoms with Gasteiger partial charge in [0.2, 0.25) is 5.91 Å². The van der Waals surface area contributed by atoms with Gasteiger partial charge in [-0.2, -0.15) is 0 Å². The number of benzene rings is 2. The van der Waals surface area contributed by atoms with E-state index in [0.717, 1.165) is 10.2 Å². The number of aromatic nitrogens is 4. The number of carbonyl (C=O) groups is 1. The summed E-state index contributed by atoms with van der Waals surface area (Å²) in [7, 11) is 3.04. The minimum atomic E-state index is -0.434. The number of rotatable bonds is 6. The van der Waals surface area contributed by atoms with Crippen molar-refractivity contribution >= 4 is 17.2 Å². The lowest BCUT2D eigenvalue weighted by Gasteiger charge is -2.11. The van der Waals surface area contributed by atoms with Crippen molar-refractivity contribution in [3.05, 3.63) is 70.9 Å². The van der Waals surface area contributed by atoms with Crippen molar-refractivity contribution in [1.29, 1.82) is 0 Å². The number of ether oxygens (including phenoxy) is 2. The Morgan fingerprint density at radius 1 is 1.06 bits per heavy atom. The Hall–Kier alpha value is -4.14. The highest BCUT2D eigenvalue weighted by atomic mass is 16.5. The summed E-state index contributed by atoms with van der Waals surface area (Å²) in [5.41, 5.74) is 2.08. The molecule has 4 aromatic rings. The van der Waals surface area contributed by atoms with E-state index in [0.29, 0.717) is 34.4 Å². The van der Waals surface area contributed by atoms with Crippen LogP contribution >= 0.6 is 0 Å². The van der Waals surface area contributed by atoms with Gasteiger partial charge in [-0.15, -0.1) is 5.10 Å². The summed E-state index contributed by atoms with van der Waals surface area (Å²) in [6, 6.07) is 16.4. The number of anilines is 1. The van der Waals surface area contributed by atoms with E-state index < -0.39 is 11.6 Å². The second-order valence-corrected chi connectivity index (χ2v) is 6.80. The molecule has 0 bridgehead atoms. The molecule has 1 N–H and O–H groups in total. The molecule has 9 nitrogen and oxygen atoms in total. The fraction of sp³-hybridized carbons (Fsp3) is 0.182. The standard InChI is InChI=1S/C22H21N5O4/c1-14-23-18(15-7-5-4-6-8-15)12-20-25-26(22(29)27(14)20)13-21(28)24-17-10-9-16(30-2)11-19(17)31-3/h4-12H,13H2,1-3H3,(H,24,28). The molecule has 0 aliphatic heterocycles. The summed E-state index contributed by atoms with van der Waals surface area (Å²) in [6.45, 7) is 1.48. The van der Waals surface area contributed by atoms with Gasteiger partial charge in [-0.3, -0.25) is 4.79 Å². The second kappa shape index (κ2) is 8.31. The predicted molar refractivity (Wildman–Crippen MR) is 116 cm³/mol. The smallest absolute Gasteiger partial charge is 0.352 e. The molecule has 158 valence electrons. The van der Waals surface area contributed by atoms with E-state index in [1.807, 2.05) is 30.3 Å². The van der Waals surface area contributed by atoms with Gasteiger partial charge in [0, 0.05) is 17.7 Å². The van der Waals surface area contributed by atoms with Crippen LogP contribution in [0.2, 0.25) is 0 Å². The zero-order chi connectivity index (χ0) is 22.0. The van der Waals surface area contributed by atoms with E-state index in [1.54, 1.807) is 38.3 Å². The summed E-state index contributed by atoms with van der Waals surface area (Å²) in [5.74, 6) is 1.12. The largest absolute Gasteiger partial charge is 0.497 e.